The van der Waals surface area contributed by atoms with Gasteiger partial charge in [-0.25, -0.2) is 4.98 Å². The Bertz CT molecular complexity index is 5320. The number of aliphatic carboxylic acids is 1. The fraction of sp³-hybridized carbons (Fsp3) is 0.557. The third-order valence-corrected chi connectivity index (χ3v) is 26.7. The molecule has 140 heavy (non-hydrogen) atoms. The average Bonchev–Trinajstić information content (AvgIpc) is 1.66. The first-order valence-electron chi connectivity index (χ1n) is 48.0. The molecule has 3 aliphatic heterocycles. The van der Waals surface area contributed by atoms with E-state index in [1.807, 2.05) is 44.2 Å². The highest BCUT2D eigenvalue weighted by atomic mass is 32.2. The molecule has 0 unspecified atom stereocenters. The number of phenolic OH excluding ortho intramolecular Hbond substituents is 1. The van der Waals surface area contributed by atoms with E-state index in [9.17, 15) is 58.5 Å². The molecule has 0 saturated carbocycles. The molecule has 0 spiro atoms. The lowest BCUT2D eigenvalue weighted by molar-refractivity contribution is -0.149. The zero-order valence-electron chi connectivity index (χ0n) is 80.9. The number of aromatic nitrogens is 4. The average molecular weight is 1970 g/mol. The van der Waals surface area contributed by atoms with Crippen LogP contribution in [-0.4, -0.2) is 316 Å². The molecule has 762 valence electrons. The molecule has 3 saturated heterocycles. The van der Waals surface area contributed by atoms with Gasteiger partial charge < -0.3 is 119 Å². The number of nitrogens with two attached hydrogens (primary N) is 2. The summed E-state index contributed by atoms with van der Waals surface area (Å²) >= 11 is 0.790. The lowest BCUT2D eigenvalue weighted by Crippen LogP contribution is -2.60. The van der Waals surface area contributed by atoms with Gasteiger partial charge in [-0.2, -0.15) is 0 Å². The first-order chi connectivity index (χ1) is 66.8. The van der Waals surface area contributed by atoms with Crippen LogP contribution in [0.5, 0.6) is 5.75 Å². The number of Topliss-reactive ketones (excluding diaryl/α,β-unsaturated/α-hetero) is 1. The topological polar surface area (TPSA) is 617 Å². The van der Waals surface area contributed by atoms with Crippen LogP contribution in [0.4, 0.5) is 0 Å². The molecule has 6 heterocycles. The molecule has 15 atom stereocenters. The summed E-state index contributed by atoms with van der Waals surface area (Å²) in [5.74, 6) is -18.7. The quantitative estimate of drug-likeness (QED) is 0.0279. The number of H-pyrrole nitrogens is 3. The lowest BCUT2D eigenvalue weighted by Gasteiger charge is -2.36. The van der Waals surface area contributed by atoms with Crippen LogP contribution in [0.3, 0.4) is 0 Å². The molecule has 3 aromatic heterocycles. The summed E-state index contributed by atoms with van der Waals surface area (Å²) in [5.41, 5.74) is 14.7. The predicted molar refractivity (Wildman–Crippen MR) is 519 cm³/mol. The number of nitrogens with one attached hydrogen (secondary N) is 13. The number of thioether (sulfide) groups is 1. The van der Waals surface area contributed by atoms with E-state index in [0.717, 1.165) is 26.5 Å². The van der Waals surface area contributed by atoms with Gasteiger partial charge >= 0.3 is 5.97 Å². The smallest absolute Gasteiger partial charge is 0.305 e. The van der Waals surface area contributed by atoms with Crippen molar-refractivity contribution < 1.29 is 102 Å². The van der Waals surface area contributed by atoms with Crippen molar-refractivity contribution in [3.63, 3.8) is 0 Å². The molecule has 43 heteroatoms. The number of ketones is 1. The number of rotatable bonds is 30. The van der Waals surface area contributed by atoms with Gasteiger partial charge in [0, 0.05) is 132 Å². The number of unbranched alkanes of at least 4 members (excludes halogenated alkanes) is 4. The zero-order valence-corrected chi connectivity index (χ0v) is 81.7. The third kappa shape index (κ3) is 31.6. The van der Waals surface area contributed by atoms with Gasteiger partial charge in [0.15, 0.2) is 5.78 Å². The first-order valence-corrected chi connectivity index (χ1v) is 49.1. The summed E-state index contributed by atoms with van der Waals surface area (Å²) in [7, 11) is 4.01. The van der Waals surface area contributed by atoms with Gasteiger partial charge in [-0.3, -0.25) is 86.3 Å². The first kappa shape index (κ1) is 110. The van der Waals surface area contributed by atoms with E-state index < -0.39 is 228 Å². The van der Waals surface area contributed by atoms with Gasteiger partial charge in [-0.15, -0.1) is 11.8 Å². The van der Waals surface area contributed by atoms with Crippen molar-refractivity contribution in [1.29, 1.82) is 0 Å². The van der Waals surface area contributed by atoms with E-state index in [4.69, 9.17) is 11.5 Å². The van der Waals surface area contributed by atoms with Crippen LogP contribution in [0.15, 0.2) is 97.7 Å². The van der Waals surface area contributed by atoms with Crippen molar-refractivity contribution in [2.24, 2.45) is 23.3 Å². The van der Waals surface area contributed by atoms with E-state index in [2.05, 4.69) is 73.1 Å². The van der Waals surface area contributed by atoms with Gasteiger partial charge in [-0.1, -0.05) is 102 Å². The molecular formula is C97H137N21O21S. The number of imidazole rings is 1. The number of aliphatic hydroxyl groups is 1. The number of nitrogens with zero attached hydrogens (tertiary/aromatic N) is 6. The second-order valence-corrected chi connectivity index (χ2v) is 37.8. The highest BCUT2D eigenvalue weighted by Gasteiger charge is 2.47. The summed E-state index contributed by atoms with van der Waals surface area (Å²) in [6.07, 6.45) is 4.49. The Balaban J connectivity index is 1.12. The number of carbonyl (C=O) groups excluding carboxylic acids is 17. The number of phenols is 1. The number of para-hydroxylation sites is 2. The molecular weight excluding hydrogens is 1830 g/mol. The Morgan fingerprint density at radius 2 is 1.14 bits per heavy atom. The number of carboxylic acid groups (broad SMARTS) is 1. The van der Waals surface area contributed by atoms with Crippen LogP contribution in [0.25, 0.3) is 21.8 Å². The number of carbonyl (C=O) groups is 18. The fourth-order valence-electron chi connectivity index (χ4n) is 17.8. The molecule has 16 amide bonds. The van der Waals surface area contributed by atoms with Crippen LogP contribution in [0.1, 0.15) is 180 Å². The van der Waals surface area contributed by atoms with Crippen LogP contribution < -0.4 is 64.6 Å². The molecule has 20 N–H and O–H groups in total. The van der Waals surface area contributed by atoms with Crippen molar-refractivity contribution in [2.75, 3.05) is 65.4 Å². The number of fused-ring (bicyclic) bond motifs is 4. The normalized spacial score (nSPS) is 24.4. The summed E-state index contributed by atoms with van der Waals surface area (Å²) in [6, 6.07) is 0.389. The minimum atomic E-state index is -1.91. The van der Waals surface area contributed by atoms with Crippen LogP contribution in [-0.2, 0) is 112 Å². The van der Waals surface area contributed by atoms with Crippen LogP contribution in [0.2, 0.25) is 0 Å². The van der Waals surface area contributed by atoms with E-state index in [-0.39, 0.29) is 139 Å². The minimum absolute atomic E-state index is 0.0382. The maximum atomic E-state index is 16.0. The predicted octanol–water partition coefficient (Wildman–Crippen LogP) is 0.941. The van der Waals surface area contributed by atoms with Gasteiger partial charge in [0.25, 0.3) is 0 Å². The molecule has 0 bridgehead atoms. The number of benzene rings is 3. The van der Waals surface area contributed by atoms with Crippen LogP contribution >= 0.6 is 11.8 Å². The Hall–Kier alpha value is -13.3. The Kier molecular flexibility index (Phi) is 42.3. The number of amides is 16. The summed E-state index contributed by atoms with van der Waals surface area (Å²) < 4.78 is 0. The Labute approximate surface area is 816 Å². The largest absolute Gasteiger partial charge is 0.508 e. The van der Waals surface area contributed by atoms with E-state index in [1.54, 1.807) is 44.4 Å². The maximum Gasteiger partial charge on any atom is 0.305 e. The minimum Gasteiger partial charge on any atom is -0.508 e. The van der Waals surface area contributed by atoms with E-state index >= 15 is 43.2 Å². The molecule has 6 aromatic rings. The van der Waals surface area contributed by atoms with Crippen molar-refractivity contribution in [3.8, 4) is 5.75 Å². The van der Waals surface area contributed by atoms with Gasteiger partial charge in [0.1, 0.15) is 78.3 Å². The standard InChI is InChI=1S/C97H137N21O21S/c1-10-12-29-77-91(133)109-71(39-55(3)4)89(131)113-76(87(129)104-50-82(99)123)52-140-53-83(124)106-73(40-58-32-34-63(120)35-33-58)93(135)114(7)56(5)85(127)111-75(46-84(125)126)96(138)117-38-22-31-78(117)92(134)110-72(44-62-49-100-54-105-62)90(132)108-70(28-19-21-37-101-57(6)119)95(137)118-51-64(121)45-80(118)81(122)43-59(41-60-47-102-67-25-16-14-23-65(60)67)86(128)107-69(27-18-20-36-98)88(130)112-74(42-61-48-103-68-26-17-15-24-66(61)68)94(136)116(9)79(30-13-11-2)97(139)115(77)8/h14-17,23-26,32-35,47-49,54-56,59,64,69-80,102-103,120-121H,10-13,18-22,27-31,36-46,50-53,98H2,1-9H3,(H2,99,123)(H,100,105)(H,101,119)(H,104,129)(H,106,124)(H,107,128)(H,108,132)(H,109,133)(H,110,134)(H,111,127)(H,112,130)(H,113,131)(H,125,126)/t56-,59+,64+,69-,70-,71-,72-,73-,74-,75-,76-,77-,78-,79-,80-/m0/s1. The summed E-state index contributed by atoms with van der Waals surface area (Å²) in [4.78, 5) is 284. The number of hydrogen-bond donors (Lipinski definition) is 18. The lowest BCUT2D eigenvalue weighted by atomic mass is 9.90. The number of likely N-dealkylation sites (N-methyl/N-ethyl adjacent to an activating group) is 3. The zero-order chi connectivity index (χ0) is 102. The highest BCUT2D eigenvalue weighted by molar-refractivity contribution is 8.00. The molecule has 0 radical (unpaired) electrons. The molecule has 0 aliphatic carbocycles. The number of aliphatic hydroxyl groups excluding tert-OH is 1. The summed E-state index contributed by atoms with van der Waals surface area (Å²) in [5, 5.41) is 60.7. The number of aromatic hydroxyl groups is 1. The highest BCUT2D eigenvalue weighted by Crippen LogP contribution is 2.31. The van der Waals surface area contributed by atoms with Crippen molar-refractivity contribution in [1.82, 2.24) is 97.6 Å². The third-order valence-electron chi connectivity index (χ3n) is 25.7. The van der Waals surface area contributed by atoms with Gasteiger partial charge in [-0.05, 0) is 137 Å². The molecule has 3 fully saturated rings. The summed E-state index contributed by atoms with van der Waals surface area (Å²) in [6.45, 7) is 8.84. The molecule has 9 rings (SSSR count). The van der Waals surface area contributed by atoms with E-state index in [0.29, 0.717) is 70.6 Å². The fourth-order valence-corrected chi connectivity index (χ4v) is 18.7. The number of primary amides is 1. The van der Waals surface area contributed by atoms with Gasteiger partial charge in [0.05, 0.1) is 42.9 Å². The SMILES string of the molecule is CCCC[C@H]1C(=O)N(C)[C@@H](CCCC)C(=O)N[C@@H](CC(C)C)C(=O)N[C@H](C(=O)NCC(N)=O)CSCC(=O)N[C@@H](Cc2ccc(O)cc2)C(=O)N(C)[C@@H](C)C(=O)N[C@@H](CC(=O)O)C(=O)N2CCC[C@H]2C(=O)N[C@@H](Cc2c[nH]cn2)C(=O)N[C@@H](CCCCNC(C)=O)C(=O)N2C[C@H](O)C[C@H]2C(=O)C[C@@H](Cc2c[nH]c3ccccc23)C(=O)N[C@@H](CCCCN)C(=O)N[C@@H](Cc2c[nH]c3ccccc23)C(=O)N1C. The Morgan fingerprint density at radius 1 is 0.564 bits per heavy atom. The Morgan fingerprint density at radius 3 is 1.76 bits per heavy atom. The van der Waals surface area contributed by atoms with Gasteiger partial charge in [0.2, 0.25) is 94.5 Å². The van der Waals surface area contributed by atoms with Crippen LogP contribution in [0, 0.1) is 11.8 Å². The van der Waals surface area contributed by atoms with Crippen molar-refractivity contribution in [2.45, 2.75) is 267 Å². The molecule has 42 nitrogen and oxygen atoms in total. The number of carboxylic acids is 1. The van der Waals surface area contributed by atoms with Crippen molar-refractivity contribution in [3.05, 3.63) is 120 Å². The number of hydrogen-bond acceptors (Lipinski definition) is 23. The maximum absolute atomic E-state index is 16.0. The second kappa shape index (κ2) is 53.7. The van der Waals surface area contributed by atoms with Crippen molar-refractivity contribution >= 4 is 140 Å². The molecule has 3 aromatic carbocycles. The number of aromatic amines is 3. The second-order valence-electron chi connectivity index (χ2n) is 36.8. The monoisotopic (exact) mass is 1960 g/mol. The molecule has 3 aliphatic rings. The van der Waals surface area contributed by atoms with E-state index in [1.165, 1.54) is 81.6 Å².